The molecule has 134 valence electrons. The topological polar surface area (TPSA) is 96.2 Å². The Morgan fingerprint density at radius 2 is 2.00 bits per heavy atom. The van der Waals surface area contributed by atoms with Crippen LogP contribution in [-0.2, 0) is 24.8 Å². The van der Waals surface area contributed by atoms with Crippen LogP contribution in [0.4, 0.5) is 5.69 Å². The molecule has 0 bridgehead atoms. The van der Waals surface area contributed by atoms with E-state index < -0.39 is 0 Å². The summed E-state index contributed by atoms with van der Waals surface area (Å²) in [5.74, 6) is 1.50. The Kier molecular flexibility index (Phi) is 6.94. The third-order valence-corrected chi connectivity index (χ3v) is 3.51. The van der Waals surface area contributed by atoms with Crippen molar-refractivity contribution >= 4 is 17.6 Å². The molecule has 0 aliphatic heterocycles. The molecular formula is C17H25N7O. The molecule has 0 aliphatic carbocycles. The molecule has 2 rings (SSSR count). The van der Waals surface area contributed by atoms with Gasteiger partial charge in [-0.3, -0.25) is 9.48 Å². The highest BCUT2D eigenvalue weighted by atomic mass is 16.1. The molecule has 3 N–H and O–H groups in total. The fourth-order valence-corrected chi connectivity index (χ4v) is 2.24. The number of amides is 1. The lowest BCUT2D eigenvalue weighted by Crippen LogP contribution is -2.38. The van der Waals surface area contributed by atoms with E-state index in [9.17, 15) is 4.79 Å². The third-order valence-electron chi connectivity index (χ3n) is 3.51. The van der Waals surface area contributed by atoms with Crippen molar-refractivity contribution in [3.8, 4) is 0 Å². The van der Waals surface area contributed by atoms with E-state index in [0.29, 0.717) is 6.54 Å². The van der Waals surface area contributed by atoms with Crippen molar-refractivity contribution in [3.05, 3.63) is 42.0 Å². The smallest absolute Gasteiger partial charge is 0.221 e. The van der Waals surface area contributed by atoms with Gasteiger partial charge in [-0.15, -0.1) is 0 Å². The van der Waals surface area contributed by atoms with Gasteiger partial charge in [0.2, 0.25) is 5.91 Å². The minimum absolute atomic E-state index is 0.0659. The number of carbonyl (C=O) groups excluding carboxylic acids is 1. The van der Waals surface area contributed by atoms with Crippen LogP contribution in [0, 0.1) is 0 Å². The van der Waals surface area contributed by atoms with Gasteiger partial charge < -0.3 is 16.0 Å². The molecular weight excluding hydrogens is 318 g/mol. The lowest BCUT2D eigenvalue weighted by Gasteiger charge is -2.11. The number of hydrogen-bond donors (Lipinski definition) is 3. The average Bonchev–Trinajstić information content (AvgIpc) is 2.99. The van der Waals surface area contributed by atoms with Gasteiger partial charge in [-0.1, -0.05) is 12.1 Å². The second kappa shape index (κ2) is 9.41. The van der Waals surface area contributed by atoms with E-state index in [1.54, 1.807) is 4.68 Å². The number of aryl methyl sites for hydroxylation is 1. The van der Waals surface area contributed by atoms with E-state index in [4.69, 9.17) is 0 Å². The summed E-state index contributed by atoms with van der Waals surface area (Å²) in [6.07, 6.45) is 2.38. The summed E-state index contributed by atoms with van der Waals surface area (Å²) in [4.78, 5) is 19.7. The van der Waals surface area contributed by atoms with Crippen LogP contribution >= 0.6 is 0 Å². The van der Waals surface area contributed by atoms with E-state index in [2.05, 4.69) is 31.0 Å². The predicted molar refractivity (Wildman–Crippen MR) is 98.3 cm³/mol. The number of anilines is 1. The maximum Gasteiger partial charge on any atom is 0.221 e. The zero-order valence-electron chi connectivity index (χ0n) is 14.9. The second-order valence-electron chi connectivity index (χ2n) is 5.55. The monoisotopic (exact) mass is 343 g/mol. The van der Waals surface area contributed by atoms with Crippen molar-refractivity contribution in [2.45, 2.75) is 26.8 Å². The first-order valence-electron chi connectivity index (χ1n) is 8.30. The lowest BCUT2D eigenvalue weighted by atomic mass is 10.1. The highest BCUT2D eigenvalue weighted by molar-refractivity contribution is 5.88. The first-order chi connectivity index (χ1) is 12.1. The molecule has 0 atom stereocenters. The van der Waals surface area contributed by atoms with Gasteiger partial charge in [0.25, 0.3) is 0 Å². The Bertz CT molecular complexity index is 706. The largest absolute Gasteiger partial charge is 0.357 e. The van der Waals surface area contributed by atoms with Gasteiger partial charge in [-0.2, -0.15) is 5.10 Å². The summed E-state index contributed by atoms with van der Waals surface area (Å²) in [5.41, 5.74) is 1.99. The molecule has 0 saturated heterocycles. The maximum atomic E-state index is 11.0. The summed E-state index contributed by atoms with van der Waals surface area (Å²) < 4.78 is 1.71. The van der Waals surface area contributed by atoms with Crippen molar-refractivity contribution < 1.29 is 4.79 Å². The zero-order valence-corrected chi connectivity index (χ0v) is 14.9. The number of guanidine groups is 1. The number of nitrogens with zero attached hydrogens (tertiary/aromatic N) is 4. The summed E-state index contributed by atoms with van der Waals surface area (Å²) in [6, 6.07) is 7.83. The molecule has 0 aliphatic rings. The van der Waals surface area contributed by atoms with Crippen LogP contribution in [0.2, 0.25) is 0 Å². The van der Waals surface area contributed by atoms with E-state index in [-0.39, 0.29) is 5.91 Å². The number of hydrogen-bond acceptors (Lipinski definition) is 4. The van der Waals surface area contributed by atoms with Crippen LogP contribution < -0.4 is 16.0 Å². The fourth-order valence-electron chi connectivity index (χ4n) is 2.24. The summed E-state index contributed by atoms with van der Waals surface area (Å²) in [6.45, 7) is 5.54. The number of benzene rings is 1. The molecule has 1 aromatic carbocycles. The van der Waals surface area contributed by atoms with Gasteiger partial charge in [0.15, 0.2) is 5.96 Å². The Hall–Kier alpha value is -2.90. The fraction of sp³-hybridized carbons (Fsp3) is 0.412. The third kappa shape index (κ3) is 6.25. The van der Waals surface area contributed by atoms with Gasteiger partial charge >= 0.3 is 0 Å². The first kappa shape index (κ1) is 18.4. The summed E-state index contributed by atoms with van der Waals surface area (Å²) in [5, 5.41) is 13.3. The molecule has 0 saturated carbocycles. The number of carbonyl (C=O) groups is 1. The number of aliphatic imine (C=N–C) groups is 1. The quantitative estimate of drug-likeness (QED) is 0.516. The number of rotatable bonds is 7. The molecule has 2 aromatic rings. The van der Waals surface area contributed by atoms with Gasteiger partial charge in [0, 0.05) is 32.7 Å². The highest BCUT2D eigenvalue weighted by Crippen LogP contribution is 2.09. The summed E-state index contributed by atoms with van der Waals surface area (Å²) >= 11 is 0. The highest BCUT2D eigenvalue weighted by Gasteiger charge is 2.02. The predicted octanol–water partition coefficient (Wildman–Crippen LogP) is 1.07. The maximum absolute atomic E-state index is 11.0. The zero-order chi connectivity index (χ0) is 18.1. The molecule has 1 heterocycles. The minimum Gasteiger partial charge on any atom is -0.357 e. The standard InChI is InChI=1S/C17H25N7O/c1-4-18-17(20-11-16-21-12-22-24(16)3)19-10-9-14-5-7-15(8-6-14)23-13(2)25/h5-8,12H,4,9-11H2,1-3H3,(H,23,25)(H2,18,19,20). The Morgan fingerprint density at radius 1 is 1.24 bits per heavy atom. The molecule has 0 fully saturated rings. The second-order valence-corrected chi connectivity index (χ2v) is 5.55. The van der Waals surface area contributed by atoms with E-state index >= 15 is 0 Å². The normalized spacial score (nSPS) is 11.2. The molecule has 0 radical (unpaired) electrons. The molecule has 1 amide bonds. The van der Waals surface area contributed by atoms with Crippen LogP contribution in [0.1, 0.15) is 25.2 Å². The van der Waals surface area contributed by atoms with Crippen molar-refractivity contribution in [2.75, 3.05) is 18.4 Å². The SMILES string of the molecule is CCNC(=NCc1ncnn1C)NCCc1ccc(NC(C)=O)cc1. The Morgan fingerprint density at radius 3 is 2.60 bits per heavy atom. The van der Waals surface area contributed by atoms with Crippen LogP contribution in [0.3, 0.4) is 0 Å². The first-order valence-corrected chi connectivity index (χ1v) is 8.30. The van der Waals surface area contributed by atoms with Crippen molar-refractivity contribution in [3.63, 3.8) is 0 Å². The van der Waals surface area contributed by atoms with Crippen molar-refractivity contribution in [1.29, 1.82) is 0 Å². The molecule has 8 nitrogen and oxygen atoms in total. The summed E-state index contributed by atoms with van der Waals surface area (Å²) in [7, 11) is 1.85. The van der Waals surface area contributed by atoms with Gasteiger partial charge in [0.05, 0.1) is 0 Å². The Balaban J connectivity index is 1.84. The van der Waals surface area contributed by atoms with Crippen LogP contribution in [0.5, 0.6) is 0 Å². The Labute approximate surface area is 147 Å². The molecule has 25 heavy (non-hydrogen) atoms. The van der Waals surface area contributed by atoms with E-state index in [0.717, 1.165) is 37.0 Å². The number of aromatic nitrogens is 3. The van der Waals surface area contributed by atoms with Crippen LogP contribution in [-0.4, -0.2) is 39.7 Å². The average molecular weight is 343 g/mol. The molecule has 0 unspecified atom stereocenters. The van der Waals surface area contributed by atoms with Gasteiger partial charge in [-0.05, 0) is 31.0 Å². The lowest BCUT2D eigenvalue weighted by molar-refractivity contribution is -0.114. The van der Waals surface area contributed by atoms with Crippen molar-refractivity contribution in [1.82, 2.24) is 25.4 Å². The van der Waals surface area contributed by atoms with E-state index in [1.807, 2.05) is 38.2 Å². The minimum atomic E-state index is -0.0659. The van der Waals surface area contributed by atoms with Crippen LogP contribution in [0.25, 0.3) is 0 Å². The molecule has 1 aromatic heterocycles. The van der Waals surface area contributed by atoms with E-state index in [1.165, 1.54) is 18.8 Å². The molecule has 8 heteroatoms. The van der Waals surface area contributed by atoms with Gasteiger partial charge in [-0.25, -0.2) is 9.98 Å². The van der Waals surface area contributed by atoms with Crippen molar-refractivity contribution in [2.24, 2.45) is 12.0 Å². The molecule has 0 spiro atoms. The van der Waals surface area contributed by atoms with Crippen LogP contribution in [0.15, 0.2) is 35.6 Å². The number of nitrogens with one attached hydrogen (secondary N) is 3. The van der Waals surface area contributed by atoms with Gasteiger partial charge in [0.1, 0.15) is 18.7 Å².